The van der Waals surface area contributed by atoms with Crippen molar-refractivity contribution in [3.05, 3.63) is 18.0 Å². The standard InChI is InChI=1S/C12H20N4/c1-16(11-5-3-2-4-6-11)12-14-8-10(7-13)9-15-12/h8-9,11H,2-7,13H2,1H3. The molecule has 1 aromatic rings. The molecule has 0 unspecified atom stereocenters. The van der Waals surface area contributed by atoms with Crippen molar-refractivity contribution >= 4 is 5.95 Å². The molecule has 1 aliphatic rings. The first-order chi connectivity index (χ1) is 7.81. The van der Waals surface area contributed by atoms with Crippen LogP contribution in [0.4, 0.5) is 5.95 Å². The van der Waals surface area contributed by atoms with Crippen molar-refractivity contribution in [1.82, 2.24) is 9.97 Å². The quantitative estimate of drug-likeness (QED) is 0.842. The van der Waals surface area contributed by atoms with Gasteiger partial charge in [0.2, 0.25) is 5.95 Å². The van der Waals surface area contributed by atoms with Gasteiger partial charge in [0.05, 0.1) is 0 Å². The van der Waals surface area contributed by atoms with Crippen LogP contribution >= 0.6 is 0 Å². The van der Waals surface area contributed by atoms with E-state index in [2.05, 4.69) is 21.9 Å². The van der Waals surface area contributed by atoms with Gasteiger partial charge in [-0.2, -0.15) is 0 Å². The Morgan fingerprint density at radius 2 is 1.88 bits per heavy atom. The van der Waals surface area contributed by atoms with E-state index in [9.17, 15) is 0 Å². The summed E-state index contributed by atoms with van der Waals surface area (Å²) in [6.07, 6.45) is 10.2. The molecule has 1 heterocycles. The average Bonchev–Trinajstić information content (AvgIpc) is 2.39. The molecule has 0 amide bonds. The maximum absolute atomic E-state index is 5.53. The molecule has 1 aliphatic carbocycles. The van der Waals surface area contributed by atoms with Crippen LogP contribution in [-0.4, -0.2) is 23.1 Å². The lowest BCUT2D eigenvalue weighted by Crippen LogP contribution is -2.34. The van der Waals surface area contributed by atoms with Crippen LogP contribution in [0.3, 0.4) is 0 Å². The van der Waals surface area contributed by atoms with Crippen molar-refractivity contribution in [2.24, 2.45) is 5.73 Å². The second-order valence-corrected chi connectivity index (χ2v) is 4.50. The molecule has 0 aromatic carbocycles. The molecule has 0 atom stereocenters. The zero-order chi connectivity index (χ0) is 11.4. The molecule has 1 aromatic heterocycles. The number of aromatic nitrogens is 2. The molecule has 0 radical (unpaired) electrons. The summed E-state index contributed by atoms with van der Waals surface area (Å²) in [5.74, 6) is 0.823. The van der Waals surface area contributed by atoms with Crippen LogP contribution in [0.15, 0.2) is 12.4 Å². The summed E-state index contributed by atoms with van der Waals surface area (Å²) in [7, 11) is 2.09. The second-order valence-electron chi connectivity index (χ2n) is 4.50. The summed E-state index contributed by atoms with van der Waals surface area (Å²) in [6, 6.07) is 0.609. The lowest BCUT2D eigenvalue weighted by atomic mass is 9.95. The van der Waals surface area contributed by atoms with E-state index >= 15 is 0 Å². The van der Waals surface area contributed by atoms with Gasteiger partial charge in [0.25, 0.3) is 0 Å². The SMILES string of the molecule is CN(c1ncc(CN)cn1)C1CCCCC1. The zero-order valence-electron chi connectivity index (χ0n) is 9.89. The number of hydrogen-bond acceptors (Lipinski definition) is 4. The molecule has 0 bridgehead atoms. The number of anilines is 1. The largest absolute Gasteiger partial charge is 0.341 e. The minimum absolute atomic E-state index is 0.507. The van der Waals surface area contributed by atoms with Gasteiger partial charge in [-0.3, -0.25) is 0 Å². The summed E-state index contributed by atoms with van der Waals surface area (Å²) in [4.78, 5) is 10.9. The molecule has 1 fully saturated rings. The highest BCUT2D eigenvalue weighted by atomic mass is 15.2. The normalized spacial score (nSPS) is 17.4. The van der Waals surface area contributed by atoms with Crippen molar-refractivity contribution in [2.45, 2.75) is 44.7 Å². The fourth-order valence-corrected chi connectivity index (χ4v) is 2.27. The van der Waals surface area contributed by atoms with Gasteiger partial charge in [-0.05, 0) is 12.8 Å². The van der Waals surface area contributed by atoms with Crippen molar-refractivity contribution in [3.8, 4) is 0 Å². The molecule has 88 valence electrons. The Balaban J connectivity index is 2.04. The third kappa shape index (κ3) is 2.50. The number of nitrogens with zero attached hydrogens (tertiary/aromatic N) is 3. The van der Waals surface area contributed by atoms with Gasteiger partial charge < -0.3 is 10.6 Å². The summed E-state index contributed by atoms with van der Waals surface area (Å²) < 4.78 is 0. The molecular weight excluding hydrogens is 200 g/mol. The molecule has 16 heavy (non-hydrogen) atoms. The summed E-state index contributed by atoms with van der Waals surface area (Å²) >= 11 is 0. The smallest absolute Gasteiger partial charge is 0.225 e. The fraction of sp³-hybridized carbons (Fsp3) is 0.667. The Morgan fingerprint density at radius 1 is 1.25 bits per heavy atom. The Bertz CT molecular complexity index is 316. The van der Waals surface area contributed by atoms with Crippen LogP contribution in [0, 0.1) is 0 Å². The highest BCUT2D eigenvalue weighted by Crippen LogP contribution is 2.23. The lowest BCUT2D eigenvalue weighted by Gasteiger charge is -2.31. The van der Waals surface area contributed by atoms with Gasteiger partial charge in [0, 0.05) is 37.6 Å². The van der Waals surface area contributed by atoms with E-state index in [1.165, 1.54) is 32.1 Å². The van der Waals surface area contributed by atoms with E-state index in [0.717, 1.165) is 11.5 Å². The van der Waals surface area contributed by atoms with Crippen LogP contribution in [0.1, 0.15) is 37.7 Å². The Hall–Kier alpha value is -1.16. The minimum atomic E-state index is 0.507. The van der Waals surface area contributed by atoms with Gasteiger partial charge in [0.1, 0.15) is 0 Å². The van der Waals surface area contributed by atoms with Gasteiger partial charge in [-0.1, -0.05) is 19.3 Å². The third-order valence-corrected chi connectivity index (χ3v) is 3.37. The number of nitrogens with two attached hydrogens (primary N) is 1. The predicted molar refractivity (Wildman–Crippen MR) is 65.2 cm³/mol. The van der Waals surface area contributed by atoms with Crippen LogP contribution in [0.5, 0.6) is 0 Å². The third-order valence-electron chi connectivity index (χ3n) is 3.37. The molecule has 0 aliphatic heterocycles. The molecule has 2 N–H and O–H groups in total. The summed E-state index contributed by atoms with van der Waals surface area (Å²) in [6.45, 7) is 0.507. The Morgan fingerprint density at radius 3 is 2.44 bits per heavy atom. The van der Waals surface area contributed by atoms with Crippen LogP contribution in [0.2, 0.25) is 0 Å². The average molecular weight is 220 g/mol. The first-order valence-corrected chi connectivity index (χ1v) is 6.05. The molecular formula is C12H20N4. The Kier molecular flexibility index (Phi) is 3.72. The highest BCUT2D eigenvalue weighted by Gasteiger charge is 2.19. The van der Waals surface area contributed by atoms with Crippen molar-refractivity contribution in [2.75, 3.05) is 11.9 Å². The summed E-state index contributed by atoms with van der Waals surface area (Å²) in [5.41, 5.74) is 6.51. The van der Waals surface area contributed by atoms with E-state index < -0.39 is 0 Å². The van der Waals surface area contributed by atoms with Gasteiger partial charge in [-0.25, -0.2) is 9.97 Å². The number of hydrogen-bond donors (Lipinski definition) is 1. The minimum Gasteiger partial charge on any atom is -0.341 e. The van der Waals surface area contributed by atoms with Crippen molar-refractivity contribution < 1.29 is 0 Å². The van der Waals surface area contributed by atoms with Crippen LogP contribution in [0.25, 0.3) is 0 Å². The maximum Gasteiger partial charge on any atom is 0.225 e. The fourth-order valence-electron chi connectivity index (χ4n) is 2.27. The topological polar surface area (TPSA) is 55.0 Å². The second kappa shape index (κ2) is 5.25. The van der Waals surface area contributed by atoms with E-state index in [1.807, 2.05) is 12.4 Å². The zero-order valence-corrected chi connectivity index (χ0v) is 9.89. The Labute approximate surface area is 96.9 Å². The van der Waals surface area contributed by atoms with E-state index in [1.54, 1.807) is 0 Å². The van der Waals surface area contributed by atoms with Crippen molar-refractivity contribution in [3.63, 3.8) is 0 Å². The molecule has 4 heteroatoms. The van der Waals surface area contributed by atoms with Gasteiger partial charge in [-0.15, -0.1) is 0 Å². The maximum atomic E-state index is 5.53. The first-order valence-electron chi connectivity index (χ1n) is 6.05. The molecule has 0 saturated heterocycles. The van der Waals surface area contributed by atoms with Crippen LogP contribution < -0.4 is 10.6 Å². The van der Waals surface area contributed by atoms with E-state index in [0.29, 0.717) is 12.6 Å². The van der Waals surface area contributed by atoms with E-state index in [4.69, 9.17) is 5.73 Å². The number of rotatable bonds is 3. The monoisotopic (exact) mass is 220 g/mol. The van der Waals surface area contributed by atoms with E-state index in [-0.39, 0.29) is 0 Å². The van der Waals surface area contributed by atoms with Gasteiger partial charge in [0.15, 0.2) is 0 Å². The molecule has 1 saturated carbocycles. The molecule has 0 spiro atoms. The van der Waals surface area contributed by atoms with Gasteiger partial charge >= 0.3 is 0 Å². The highest BCUT2D eigenvalue weighted by molar-refractivity contribution is 5.30. The summed E-state index contributed by atoms with van der Waals surface area (Å²) in [5, 5.41) is 0. The predicted octanol–water partition coefficient (Wildman–Crippen LogP) is 1.70. The molecule has 4 nitrogen and oxygen atoms in total. The van der Waals surface area contributed by atoms with Crippen LogP contribution in [-0.2, 0) is 6.54 Å². The lowest BCUT2D eigenvalue weighted by molar-refractivity contribution is 0.424. The van der Waals surface area contributed by atoms with Crippen molar-refractivity contribution in [1.29, 1.82) is 0 Å². The first kappa shape index (κ1) is 11.3. The molecule has 2 rings (SSSR count).